The zero-order chi connectivity index (χ0) is 29.7. The van der Waals surface area contributed by atoms with Crippen molar-refractivity contribution in [1.82, 2.24) is 20.3 Å². The molecule has 1 fully saturated rings. The molecule has 234 valence electrons. The number of ether oxygens (including phenoxy) is 2. The molecular weight excluding hydrogens is 532 g/mol. The molecule has 1 amide bonds. The number of nitrogens with two attached hydrogens (primary N) is 1. The van der Waals surface area contributed by atoms with Crippen LogP contribution in [0.1, 0.15) is 87.9 Å². The summed E-state index contributed by atoms with van der Waals surface area (Å²) in [7, 11) is 0. The van der Waals surface area contributed by atoms with E-state index in [2.05, 4.69) is 43.1 Å². The molecule has 1 saturated carbocycles. The van der Waals surface area contributed by atoms with Crippen molar-refractivity contribution in [3.63, 3.8) is 0 Å². The molecule has 1 aromatic heterocycles. The van der Waals surface area contributed by atoms with Gasteiger partial charge in [0.2, 0.25) is 17.8 Å². The van der Waals surface area contributed by atoms with E-state index in [-0.39, 0.29) is 5.91 Å². The zero-order valence-corrected chi connectivity index (χ0v) is 25.5. The normalized spacial score (nSPS) is 13.6. The first-order chi connectivity index (χ1) is 20.7. The van der Waals surface area contributed by atoms with Gasteiger partial charge in [-0.05, 0) is 43.4 Å². The van der Waals surface area contributed by atoms with Crippen molar-refractivity contribution in [3.8, 4) is 0 Å². The van der Waals surface area contributed by atoms with Crippen LogP contribution in [0.25, 0.3) is 0 Å². The van der Waals surface area contributed by atoms with Crippen LogP contribution in [0.15, 0.2) is 24.3 Å². The van der Waals surface area contributed by atoms with Gasteiger partial charge in [-0.15, -0.1) is 0 Å². The smallest absolute Gasteiger partial charge is 0.251 e. The third-order valence-corrected chi connectivity index (χ3v) is 7.27. The Balaban J connectivity index is 1.55. The van der Waals surface area contributed by atoms with Crippen molar-refractivity contribution in [2.24, 2.45) is 11.7 Å². The van der Waals surface area contributed by atoms with Crippen LogP contribution in [0.3, 0.4) is 0 Å². The van der Waals surface area contributed by atoms with E-state index in [1.807, 2.05) is 12.1 Å². The highest BCUT2D eigenvalue weighted by Gasteiger charge is 2.15. The highest BCUT2D eigenvalue weighted by Crippen LogP contribution is 2.24. The van der Waals surface area contributed by atoms with Crippen LogP contribution in [-0.4, -0.2) is 73.5 Å². The minimum absolute atomic E-state index is 0.173. The topological polar surface area (TPSA) is 148 Å². The number of nitrogens with one attached hydrogen (secondary N) is 4. The first-order valence-electron chi connectivity index (χ1n) is 15.9. The van der Waals surface area contributed by atoms with Gasteiger partial charge in [-0.2, -0.15) is 15.0 Å². The van der Waals surface area contributed by atoms with E-state index in [0.717, 1.165) is 25.2 Å². The fourth-order valence-corrected chi connectivity index (χ4v) is 4.93. The first-order valence-corrected chi connectivity index (χ1v) is 15.9. The van der Waals surface area contributed by atoms with Gasteiger partial charge in [-0.1, -0.05) is 64.4 Å². The van der Waals surface area contributed by atoms with Crippen molar-refractivity contribution < 1.29 is 14.3 Å². The summed E-state index contributed by atoms with van der Waals surface area (Å²) in [6.45, 7) is 6.70. The lowest BCUT2D eigenvalue weighted by Crippen LogP contribution is -2.27. The Morgan fingerprint density at radius 2 is 1.57 bits per heavy atom. The van der Waals surface area contributed by atoms with Crippen LogP contribution in [0, 0.1) is 5.92 Å². The molecule has 0 atom stereocenters. The average molecular weight is 585 g/mol. The van der Waals surface area contributed by atoms with E-state index in [4.69, 9.17) is 15.2 Å². The predicted molar refractivity (Wildman–Crippen MR) is 170 cm³/mol. The quantitative estimate of drug-likeness (QED) is 0.118. The van der Waals surface area contributed by atoms with E-state index in [9.17, 15) is 4.79 Å². The van der Waals surface area contributed by atoms with Crippen LogP contribution in [0.5, 0.6) is 0 Å². The second-order valence-electron chi connectivity index (χ2n) is 10.9. The van der Waals surface area contributed by atoms with Crippen LogP contribution < -0.4 is 27.0 Å². The molecule has 0 saturated heterocycles. The Morgan fingerprint density at radius 3 is 2.36 bits per heavy atom. The Labute approximate surface area is 251 Å². The van der Waals surface area contributed by atoms with Gasteiger partial charge in [-0.25, -0.2) is 0 Å². The Kier molecular flexibility index (Phi) is 16.6. The summed E-state index contributed by atoms with van der Waals surface area (Å²) >= 11 is 0. The molecule has 3 rings (SSSR count). The minimum atomic E-state index is -0.173. The monoisotopic (exact) mass is 584 g/mol. The summed E-state index contributed by atoms with van der Waals surface area (Å²) in [6.07, 6.45) is 13.8. The van der Waals surface area contributed by atoms with E-state index in [1.165, 1.54) is 64.2 Å². The third-order valence-electron chi connectivity index (χ3n) is 7.27. The summed E-state index contributed by atoms with van der Waals surface area (Å²) in [6, 6.07) is 7.30. The second kappa shape index (κ2) is 20.8. The third kappa shape index (κ3) is 13.8. The number of hydrogen-bond acceptors (Lipinski definition) is 10. The number of anilines is 4. The van der Waals surface area contributed by atoms with Crippen molar-refractivity contribution >= 4 is 29.4 Å². The maximum Gasteiger partial charge on any atom is 0.251 e. The lowest BCUT2D eigenvalue weighted by molar-refractivity contribution is 0.0511. The van der Waals surface area contributed by atoms with Gasteiger partial charge in [0.25, 0.3) is 5.91 Å². The second-order valence-corrected chi connectivity index (χ2v) is 10.9. The summed E-state index contributed by atoms with van der Waals surface area (Å²) < 4.78 is 10.8. The molecule has 11 nitrogen and oxygen atoms in total. The molecule has 0 unspecified atom stereocenters. The summed E-state index contributed by atoms with van der Waals surface area (Å²) in [5.41, 5.74) is 6.65. The van der Waals surface area contributed by atoms with Crippen molar-refractivity contribution in [3.05, 3.63) is 29.8 Å². The van der Waals surface area contributed by atoms with Gasteiger partial charge in [0.1, 0.15) is 0 Å². The SMILES string of the molecule is CCCCCCCCNc1nc(NCC2CCCCC2)nc(Nc2cccc(C(=O)NCCOCCOCCN)c2)n1. The van der Waals surface area contributed by atoms with Gasteiger partial charge in [0.15, 0.2) is 0 Å². The van der Waals surface area contributed by atoms with Crippen LogP contribution in [0.2, 0.25) is 0 Å². The molecule has 0 spiro atoms. The maximum absolute atomic E-state index is 12.7. The van der Waals surface area contributed by atoms with E-state index < -0.39 is 0 Å². The van der Waals surface area contributed by atoms with Crippen molar-refractivity contribution in [2.45, 2.75) is 77.6 Å². The molecule has 0 bridgehead atoms. The summed E-state index contributed by atoms with van der Waals surface area (Å²) in [5.74, 6) is 2.02. The number of unbranched alkanes of at least 4 members (excludes halogenated alkanes) is 5. The number of aromatic nitrogens is 3. The van der Waals surface area contributed by atoms with E-state index >= 15 is 0 Å². The zero-order valence-electron chi connectivity index (χ0n) is 25.5. The number of hydrogen-bond donors (Lipinski definition) is 5. The van der Waals surface area contributed by atoms with Crippen LogP contribution >= 0.6 is 0 Å². The highest BCUT2D eigenvalue weighted by molar-refractivity contribution is 5.95. The molecule has 1 aromatic carbocycles. The summed E-state index contributed by atoms with van der Waals surface area (Å²) in [4.78, 5) is 26.6. The van der Waals surface area contributed by atoms with E-state index in [0.29, 0.717) is 68.8 Å². The number of amides is 1. The average Bonchev–Trinajstić information content (AvgIpc) is 3.01. The number of carbonyl (C=O) groups is 1. The molecule has 1 heterocycles. The molecular formula is C31H52N8O3. The number of nitrogens with zero attached hydrogens (tertiary/aromatic N) is 3. The molecule has 42 heavy (non-hydrogen) atoms. The Hall–Kier alpha value is -3.02. The Morgan fingerprint density at radius 1 is 0.857 bits per heavy atom. The Bertz CT molecular complexity index is 1020. The molecule has 1 aliphatic rings. The van der Waals surface area contributed by atoms with Crippen molar-refractivity contribution in [2.75, 3.05) is 68.6 Å². The number of rotatable bonds is 22. The standard InChI is InChI=1S/C31H52N8O3/c1-2-3-4-5-6-10-17-34-29-37-30(35-24-25-12-8-7-9-13-25)39-31(38-29)36-27-15-11-14-26(23-27)28(40)33-18-20-42-22-21-41-19-16-32/h11,14-15,23,25H,2-10,12-13,16-22,24,32H2,1H3,(H,33,40)(H3,34,35,36,37,38,39). The largest absolute Gasteiger partial charge is 0.378 e. The molecule has 0 radical (unpaired) electrons. The highest BCUT2D eigenvalue weighted by atomic mass is 16.5. The van der Waals surface area contributed by atoms with Gasteiger partial charge >= 0.3 is 0 Å². The van der Waals surface area contributed by atoms with Gasteiger partial charge < -0.3 is 36.5 Å². The van der Waals surface area contributed by atoms with Crippen LogP contribution in [0.4, 0.5) is 23.5 Å². The van der Waals surface area contributed by atoms with Crippen LogP contribution in [-0.2, 0) is 9.47 Å². The predicted octanol–water partition coefficient (Wildman–Crippen LogP) is 5.10. The van der Waals surface area contributed by atoms with Gasteiger partial charge in [-0.3, -0.25) is 4.79 Å². The van der Waals surface area contributed by atoms with Gasteiger partial charge in [0, 0.05) is 37.4 Å². The summed E-state index contributed by atoms with van der Waals surface area (Å²) in [5, 5.41) is 13.0. The lowest BCUT2D eigenvalue weighted by Gasteiger charge is -2.21. The molecule has 6 N–H and O–H groups in total. The van der Waals surface area contributed by atoms with Gasteiger partial charge in [0.05, 0.1) is 26.4 Å². The maximum atomic E-state index is 12.7. The minimum Gasteiger partial charge on any atom is -0.378 e. The first kappa shape index (κ1) is 33.5. The molecule has 2 aromatic rings. The fraction of sp³-hybridized carbons (Fsp3) is 0.677. The van der Waals surface area contributed by atoms with Crippen molar-refractivity contribution in [1.29, 1.82) is 0 Å². The molecule has 11 heteroatoms. The molecule has 0 aliphatic heterocycles. The lowest BCUT2D eigenvalue weighted by atomic mass is 9.89. The number of carbonyl (C=O) groups excluding carboxylic acids is 1. The molecule has 1 aliphatic carbocycles. The fourth-order valence-electron chi connectivity index (χ4n) is 4.93. The number of benzene rings is 1. The van der Waals surface area contributed by atoms with E-state index in [1.54, 1.807) is 12.1 Å².